The van der Waals surface area contributed by atoms with Crippen molar-refractivity contribution in [2.75, 3.05) is 14.2 Å². The number of likely N-dealkylation sites (N-methyl/N-ethyl adjacent to an activating group) is 1. The monoisotopic (exact) mass is 712 g/mol. The van der Waals surface area contributed by atoms with E-state index in [9.17, 15) is 18.0 Å². The third-order valence-corrected chi connectivity index (χ3v) is 11.6. The van der Waals surface area contributed by atoms with Gasteiger partial charge in [0.2, 0.25) is 21.8 Å². The van der Waals surface area contributed by atoms with Gasteiger partial charge in [-0.3, -0.25) is 14.5 Å². The zero-order valence-electron chi connectivity index (χ0n) is 30.6. The number of piperidine rings is 1. The number of rotatable bonds is 14. The standard InChI is InChI=1S/C41H52N4O5S/c1-28(2)44(5)41(47)39(23-31-15-17-32(18-16-31)27-45-29(3)11-10-12-30(45)4)42-40(46)26-38(33-13-8-7-9-14-33)43-51(48,49)37-22-20-34-24-36(50-6)21-19-35(34)25-37/h7-9,13-22,24-25,28-30,38-39,43H,10-12,23,26-27H2,1-6H3,(H,42,46)/t29-,30+,38-,39-/m1/s1. The van der Waals surface area contributed by atoms with Gasteiger partial charge < -0.3 is 15.0 Å². The zero-order valence-corrected chi connectivity index (χ0v) is 31.5. The van der Waals surface area contributed by atoms with E-state index >= 15 is 0 Å². The van der Waals surface area contributed by atoms with E-state index in [0.717, 1.165) is 22.9 Å². The summed E-state index contributed by atoms with van der Waals surface area (Å²) in [7, 11) is -0.725. The summed E-state index contributed by atoms with van der Waals surface area (Å²) in [6, 6.07) is 26.9. The average molecular weight is 713 g/mol. The lowest BCUT2D eigenvalue weighted by Gasteiger charge is -2.39. The number of likely N-dealkylation sites (tertiary alicyclic amines) is 1. The van der Waals surface area contributed by atoms with Crippen LogP contribution in [0.15, 0.2) is 95.9 Å². The Kier molecular flexibility index (Phi) is 12.5. The fourth-order valence-corrected chi connectivity index (χ4v) is 8.08. The lowest BCUT2D eigenvalue weighted by molar-refractivity contribution is -0.136. The highest BCUT2D eigenvalue weighted by molar-refractivity contribution is 7.89. The van der Waals surface area contributed by atoms with E-state index in [1.54, 1.807) is 67.6 Å². The van der Waals surface area contributed by atoms with Gasteiger partial charge in [-0.15, -0.1) is 0 Å². The van der Waals surface area contributed by atoms with Crippen LogP contribution in [0, 0.1) is 0 Å². The van der Waals surface area contributed by atoms with Crippen molar-refractivity contribution in [3.05, 3.63) is 108 Å². The van der Waals surface area contributed by atoms with Crippen LogP contribution in [-0.2, 0) is 32.6 Å². The second-order valence-corrected chi connectivity index (χ2v) is 15.9. The minimum atomic E-state index is -4.04. The maximum absolute atomic E-state index is 13.8. The minimum Gasteiger partial charge on any atom is -0.497 e. The third-order valence-electron chi connectivity index (χ3n) is 10.2. The van der Waals surface area contributed by atoms with Gasteiger partial charge in [0.05, 0.1) is 18.0 Å². The normalized spacial score (nSPS) is 17.9. The van der Waals surface area contributed by atoms with E-state index in [-0.39, 0.29) is 23.3 Å². The second kappa shape index (κ2) is 16.8. The van der Waals surface area contributed by atoms with Crippen LogP contribution >= 0.6 is 0 Å². The first-order valence-electron chi connectivity index (χ1n) is 17.9. The molecule has 10 heteroatoms. The van der Waals surface area contributed by atoms with E-state index in [0.29, 0.717) is 29.8 Å². The molecular formula is C41H52N4O5S. The molecule has 0 bridgehead atoms. The Morgan fingerprint density at radius 1 is 0.882 bits per heavy atom. The molecule has 4 aromatic rings. The maximum Gasteiger partial charge on any atom is 0.245 e. The van der Waals surface area contributed by atoms with Crippen molar-refractivity contribution in [3.8, 4) is 5.75 Å². The van der Waals surface area contributed by atoms with Crippen molar-refractivity contribution in [3.63, 3.8) is 0 Å². The first-order valence-corrected chi connectivity index (χ1v) is 19.4. The van der Waals surface area contributed by atoms with Gasteiger partial charge in [-0.1, -0.05) is 73.2 Å². The second-order valence-electron chi connectivity index (χ2n) is 14.1. The van der Waals surface area contributed by atoms with E-state index in [1.165, 1.54) is 24.8 Å². The Bertz CT molecular complexity index is 1890. The van der Waals surface area contributed by atoms with E-state index < -0.39 is 28.0 Å². The largest absolute Gasteiger partial charge is 0.497 e. The van der Waals surface area contributed by atoms with Crippen LogP contribution in [0.2, 0.25) is 0 Å². The highest BCUT2D eigenvalue weighted by Gasteiger charge is 2.29. The lowest BCUT2D eigenvalue weighted by atomic mass is 9.96. The van der Waals surface area contributed by atoms with Crippen LogP contribution in [0.25, 0.3) is 10.8 Å². The predicted octanol–water partition coefficient (Wildman–Crippen LogP) is 6.62. The van der Waals surface area contributed by atoms with Crippen LogP contribution in [0.5, 0.6) is 5.75 Å². The fraction of sp³-hybridized carbons (Fsp3) is 0.415. The van der Waals surface area contributed by atoms with Crippen LogP contribution in [0.4, 0.5) is 0 Å². The Morgan fingerprint density at radius 2 is 1.51 bits per heavy atom. The molecule has 1 aliphatic rings. The summed E-state index contributed by atoms with van der Waals surface area (Å²) in [5.74, 6) is 0.0392. The molecule has 51 heavy (non-hydrogen) atoms. The molecule has 1 aliphatic heterocycles. The van der Waals surface area contributed by atoms with E-state index in [1.807, 2.05) is 44.2 Å². The van der Waals surface area contributed by atoms with Gasteiger partial charge in [-0.05, 0) is 92.3 Å². The Hall–Kier alpha value is -4.25. The molecule has 5 rings (SSSR count). The molecule has 272 valence electrons. The van der Waals surface area contributed by atoms with Gasteiger partial charge in [0.25, 0.3) is 0 Å². The molecule has 2 N–H and O–H groups in total. The summed E-state index contributed by atoms with van der Waals surface area (Å²) in [6.07, 6.45) is 3.79. The molecule has 9 nitrogen and oxygen atoms in total. The summed E-state index contributed by atoms with van der Waals surface area (Å²) in [4.78, 5) is 31.8. The molecule has 0 aromatic heterocycles. The molecule has 1 saturated heterocycles. The van der Waals surface area contributed by atoms with Gasteiger partial charge in [-0.2, -0.15) is 0 Å². The van der Waals surface area contributed by atoms with E-state index in [2.05, 4.69) is 40.9 Å². The topological polar surface area (TPSA) is 108 Å². The number of amides is 2. The summed E-state index contributed by atoms with van der Waals surface area (Å²) in [5.41, 5.74) is 2.79. The summed E-state index contributed by atoms with van der Waals surface area (Å²) in [5, 5.41) is 4.55. The van der Waals surface area contributed by atoms with Gasteiger partial charge in [-0.25, -0.2) is 13.1 Å². The van der Waals surface area contributed by atoms with Crippen molar-refractivity contribution in [1.29, 1.82) is 0 Å². The number of fused-ring (bicyclic) bond motifs is 1. The molecular weight excluding hydrogens is 661 g/mol. The Balaban J connectivity index is 1.33. The van der Waals surface area contributed by atoms with Crippen molar-refractivity contribution in [2.45, 2.75) is 101 Å². The Labute approximate surface area is 303 Å². The first-order chi connectivity index (χ1) is 24.3. The highest BCUT2D eigenvalue weighted by Crippen LogP contribution is 2.27. The van der Waals surface area contributed by atoms with Crippen LogP contribution in [0.1, 0.15) is 76.1 Å². The summed E-state index contributed by atoms with van der Waals surface area (Å²) >= 11 is 0. The molecule has 0 saturated carbocycles. The molecule has 0 aliphatic carbocycles. The smallest absolute Gasteiger partial charge is 0.245 e. The average Bonchev–Trinajstić information content (AvgIpc) is 3.12. The van der Waals surface area contributed by atoms with Crippen molar-refractivity contribution >= 4 is 32.6 Å². The predicted molar refractivity (Wildman–Crippen MR) is 203 cm³/mol. The minimum absolute atomic E-state index is 0.0697. The van der Waals surface area contributed by atoms with Crippen LogP contribution in [0.3, 0.4) is 0 Å². The molecule has 2 amide bonds. The maximum atomic E-state index is 13.8. The van der Waals surface area contributed by atoms with Crippen molar-refractivity contribution in [1.82, 2.24) is 19.8 Å². The lowest BCUT2D eigenvalue weighted by Crippen LogP contribution is -2.50. The number of hydrogen-bond donors (Lipinski definition) is 2. The number of carbonyl (C=O) groups is 2. The molecule has 4 atom stereocenters. The molecule has 0 radical (unpaired) electrons. The molecule has 1 fully saturated rings. The van der Waals surface area contributed by atoms with Crippen LogP contribution in [-0.4, -0.2) is 68.4 Å². The van der Waals surface area contributed by atoms with Crippen molar-refractivity contribution in [2.24, 2.45) is 0 Å². The number of ether oxygens (including phenoxy) is 1. The number of nitrogens with zero attached hydrogens (tertiary/aromatic N) is 2. The van der Waals surface area contributed by atoms with E-state index in [4.69, 9.17) is 4.74 Å². The molecule has 1 heterocycles. The highest BCUT2D eigenvalue weighted by atomic mass is 32.2. The molecule has 0 spiro atoms. The fourth-order valence-electron chi connectivity index (χ4n) is 6.82. The number of hydrogen-bond acceptors (Lipinski definition) is 6. The first kappa shape index (κ1) is 38.0. The third kappa shape index (κ3) is 9.75. The van der Waals surface area contributed by atoms with Gasteiger partial charge >= 0.3 is 0 Å². The quantitative estimate of drug-likeness (QED) is 0.152. The number of nitrogens with one attached hydrogen (secondary N) is 2. The number of sulfonamides is 1. The number of carbonyl (C=O) groups excluding carboxylic acids is 2. The molecule has 0 unspecified atom stereocenters. The number of benzene rings is 4. The summed E-state index contributed by atoms with van der Waals surface area (Å²) in [6.45, 7) is 9.32. The zero-order chi connectivity index (χ0) is 36.7. The van der Waals surface area contributed by atoms with Gasteiger partial charge in [0, 0.05) is 44.6 Å². The van der Waals surface area contributed by atoms with Gasteiger partial charge in [0.15, 0.2) is 0 Å². The number of methoxy groups -OCH3 is 1. The van der Waals surface area contributed by atoms with Gasteiger partial charge in [0.1, 0.15) is 11.8 Å². The van der Waals surface area contributed by atoms with Crippen molar-refractivity contribution < 1.29 is 22.7 Å². The summed E-state index contributed by atoms with van der Waals surface area (Å²) < 4.78 is 35.6. The Morgan fingerprint density at radius 3 is 2.16 bits per heavy atom. The SMILES string of the molecule is COc1ccc2cc(S(=O)(=O)N[C@H](CC(=O)N[C@H](Cc3ccc(CN4[C@H](C)CCC[C@@H]4C)cc3)C(=O)N(C)C(C)C)c3ccccc3)ccc2c1. The van der Waals surface area contributed by atoms with Crippen LogP contribution < -0.4 is 14.8 Å². The molecule has 4 aromatic carbocycles.